The van der Waals surface area contributed by atoms with Crippen molar-refractivity contribution in [1.82, 2.24) is 0 Å². The van der Waals surface area contributed by atoms with E-state index in [1.54, 1.807) is 0 Å². The first kappa shape index (κ1) is 105. The van der Waals surface area contributed by atoms with Crippen molar-refractivity contribution in [2.45, 2.75) is 478 Å². The number of aliphatic hydroxyl groups is 1. The average molecular weight is 1560 g/mol. The van der Waals surface area contributed by atoms with Gasteiger partial charge < -0.3 is 33.8 Å². The Labute approximate surface area is 658 Å². The highest BCUT2D eigenvalue weighted by atomic mass is 31.2. The van der Waals surface area contributed by atoms with Gasteiger partial charge in [0.15, 0.2) is 12.2 Å². The summed E-state index contributed by atoms with van der Waals surface area (Å²) in [6.07, 6.45) is 66.8. The molecule has 0 bridgehead atoms. The zero-order valence-electron chi connectivity index (χ0n) is 70.8. The first-order valence-corrected chi connectivity index (χ1v) is 48.2. The fraction of sp³-hybridized carbons (Fsp3) is 0.955. The van der Waals surface area contributed by atoms with Crippen molar-refractivity contribution in [2.24, 2.45) is 23.7 Å². The van der Waals surface area contributed by atoms with Gasteiger partial charge in [-0.05, 0) is 49.4 Å². The van der Waals surface area contributed by atoms with Crippen LogP contribution in [-0.4, -0.2) is 96.7 Å². The van der Waals surface area contributed by atoms with Gasteiger partial charge in [-0.1, -0.05) is 409 Å². The number of ether oxygens (including phenoxy) is 4. The number of unbranched alkanes of at least 4 members (excludes halogenated alkanes) is 50. The summed E-state index contributed by atoms with van der Waals surface area (Å²) in [5.74, 6) is 1.06. The van der Waals surface area contributed by atoms with Crippen LogP contribution in [0.2, 0.25) is 0 Å². The Morgan fingerprint density at radius 1 is 0.262 bits per heavy atom. The van der Waals surface area contributed by atoms with Gasteiger partial charge in [-0.15, -0.1) is 0 Å². The maximum absolute atomic E-state index is 13.1. The Kier molecular flexibility index (Phi) is 75.3. The molecule has 0 spiro atoms. The highest BCUT2D eigenvalue weighted by Gasteiger charge is 2.31. The van der Waals surface area contributed by atoms with E-state index in [1.807, 2.05) is 0 Å². The van der Waals surface area contributed by atoms with Crippen LogP contribution in [0, 0.1) is 23.7 Å². The third kappa shape index (κ3) is 80.5. The molecule has 0 saturated carbocycles. The summed E-state index contributed by atoms with van der Waals surface area (Å²) in [6.45, 7) is 14.3. The van der Waals surface area contributed by atoms with Crippen LogP contribution in [0.25, 0.3) is 0 Å². The third-order valence-electron chi connectivity index (χ3n) is 20.9. The molecule has 0 heterocycles. The van der Waals surface area contributed by atoms with Gasteiger partial charge in [0.25, 0.3) is 0 Å². The lowest BCUT2D eigenvalue weighted by molar-refractivity contribution is -0.161. The molecule has 4 unspecified atom stereocenters. The molecule has 0 aliphatic heterocycles. The van der Waals surface area contributed by atoms with Crippen LogP contribution in [0.3, 0.4) is 0 Å². The average Bonchev–Trinajstić information content (AvgIpc) is 0.914. The van der Waals surface area contributed by atoms with Crippen LogP contribution in [0.4, 0.5) is 0 Å². The molecule has 17 nitrogen and oxygen atoms in total. The van der Waals surface area contributed by atoms with Crippen LogP contribution in [0.5, 0.6) is 0 Å². The first-order valence-electron chi connectivity index (χ1n) is 45.2. The Hall–Kier alpha value is -1.94. The highest BCUT2D eigenvalue weighted by Crippen LogP contribution is 2.45. The summed E-state index contributed by atoms with van der Waals surface area (Å²) in [5.41, 5.74) is 0. The van der Waals surface area contributed by atoms with Crippen molar-refractivity contribution >= 4 is 39.5 Å². The van der Waals surface area contributed by atoms with E-state index in [1.165, 1.54) is 257 Å². The van der Waals surface area contributed by atoms with Crippen LogP contribution >= 0.6 is 15.6 Å². The van der Waals surface area contributed by atoms with Gasteiger partial charge in [-0.2, -0.15) is 0 Å². The van der Waals surface area contributed by atoms with Crippen molar-refractivity contribution in [2.75, 3.05) is 39.6 Å². The van der Waals surface area contributed by atoms with E-state index >= 15 is 0 Å². The molecule has 0 aromatic rings. The number of carbonyl (C=O) groups is 4. The second-order valence-corrected chi connectivity index (χ2v) is 36.2. The molecule has 107 heavy (non-hydrogen) atoms. The molecular weight excluding hydrogens is 1390 g/mol. The topological polar surface area (TPSA) is 237 Å². The lowest BCUT2D eigenvalue weighted by atomic mass is 9.99. The smallest absolute Gasteiger partial charge is 0.462 e. The maximum Gasteiger partial charge on any atom is 0.472 e. The molecule has 0 aromatic carbocycles. The molecule has 0 saturated heterocycles. The minimum Gasteiger partial charge on any atom is -0.462 e. The normalized spacial score (nSPS) is 14.1. The third-order valence-corrected chi connectivity index (χ3v) is 22.8. The van der Waals surface area contributed by atoms with Crippen molar-refractivity contribution in [3.05, 3.63) is 0 Å². The fourth-order valence-electron chi connectivity index (χ4n) is 13.6. The number of phosphoric ester groups is 2. The summed E-state index contributed by atoms with van der Waals surface area (Å²) in [7, 11) is -9.93. The molecule has 3 N–H and O–H groups in total. The Balaban J connectivity index is 5.19. The fourth-order valence-corrected chi connectivity index (χ4v) is 15.2. The Bertz CT molecular complexity index is 2080. The quantitative estimate of drug-likeness (QED) is 0.0222. The minimum atomic E-state index is -4.97. The summed E-state index contributed by atoms with van der Waals surface area (Å²) in [4.78, 5) is 73.2. The summed E-state index contributed by atoms with van der Waals surface area (Å²) in [6, 6.07) is 0. The van der Waals surface area contributed by atoms with E-state index in [-0.39, 0.29) is 25.7 Å². The summed E-state index contributed by atoms with van der Waals surface area (Å²) in [5, 5.41) is 10.7. The van der Waals surface area contributed by atoms with Crippen molar-refractivity contribution in [3.63, 3.8) is 0 Å². The largest absolute Gasteiger partial charge is 0.472 e. The number of rotatable bonds is 85. The number of phosphoric acid groups is 2. The molecule has 0 rings (SSSR count). The lowest BCUT2D eigenvalue weighted by Crippen LogP contribution is -2.30. The van der Waals surface area contributed by atoms with Gasteiger partial charge in [0.2, 0.25) is 0 Å². The summed E-state index contributed by atoms with van der Waals surface area (Å²) >= 11 is 0. The summed E-state index contributed by atoms with van der Waals surface area (Å²) < 4.78 is 68.9. The number of aliphatic hydroxyl groups excluding tert-OH is 1. The second kappa shape index (κ2) is 76.7. The Morgan fingerprint density at radius 3 is 0.664 bits per heavy atom. The SMILES string of the molecule is CCC(C)CCCCCCCCCCCCCCCCCCCCC(=O)O[C@H](COC(=O)CCCCCCCCCCCCCC(C)C)COP(=O)(O)OCC(O)COP(=O)(O)OC[C@@H](COC(=O)CCCCCCCCCC(C)C)OC(=O)CCCCCCCCCCCCCCCCCCCCC(C)C. The highest BCUT2D eigenvalue weighted by molar-refractivity contribution is 7.47. The van der Waals surface area contributed by atoms with Gasteiger partial charge in [0, 0.05) is 25.7 Å². The molecular formula is C88H172O17P2. The van der Waals surface area contributed by atoms with Crippen molar-refractivity contribution in [3.8, 4) is 0 Å². The minimum absolute atomic E-state index is 0.107. The van der Waals surface area contributed by atoms with Crippen LogP contribution in [-0.2, 0) is 65.4 Å². The number of carbonyl (C=O) groups excluding carboxylic acids is 4. The van der Waals surface area contributed by atoms with E-state index < -0.39 is 97.5 Å². The van der Waals surface area contributed by atoms with E-state index in [4.69, 9.17) is 37.0 Å². The number of esters is 4. The molecule has 0 radical (unpaired) electrons. The first-order chi connectivity index (χ1) is 51.6. The molecule has 0 aromatic heterocycles. The number of hydrogen-bond acceptors (Lipinski definition) is 15. The molecule has 0 amide bonds. The molecule has 19 heteroatoms. The lowest BCUT2D eigenvalue weighted by Gasteiger charge is -2.21. The monoisotopic (exact) mass is 1560 g/mol. The van der Waals surface area contributed by atoms with E-state index in [2.05, 4.69) is 55.4 Å². The Morgan fingerprint density at radius 2 is 0.449 bits per heavy atom. The van der Waals surface area contributed by atoms with Gasteiger partial charge >= 0.3 is 39.5 Å². The predicted molar refractivity (Wildman–Crippen MR) is 441 cm³/mol. The zero-order valence-corrected chi connectivity index (χ0v) is 72.6. The molecule has 636 valence electrons. The number of hydrogen-bond donors (Lipinski definition) is 3. The van der Waals surface area contributed by atoms with E-state index in [9.17, 15) is 43.2 Å². The van der Waals surface area contributed by atoms with Crippen molar-refractivity contribution in [1.29, 1.82) is 0 Å². The molecule has 0 fully saturated rings. The van der Waals surface area contributed by atoms with Gasteiger partial charge in [-0.3, -0.25) is 37.3 Å². The van der Waals surface area contributed by atoms with Gasteiger partial charge in [0.1, 0.15) is 19.3 Å². The standard InChI is InChI=1S/C88H172O17P2/c1-9-81(8)67-59-51-43-35-29-23-19-15-11-13-17-21-25-31-38-46-54-62-70-87(92)104-83(74-98-85(90)68-60-52-44-36-32-26-28-34-41-49-57-65-79(4)5)76-102-106(94,95)100-72-82(89)73-101-107(96,97)103-77-84(75-99-86(91)69-61-53-47-39-42-50-58-66-80(6)7)105-88(93)71-63-55-45-37-30-24-20-16-12-10-14-18-22-27-33-40-48-56-64-78(2)3/h78-84,89H,9-77H2,1-8H3,(H,94,95)(H,96,97)/t81?,82?,83-,84-/m1/s1. The molecule has 0 aliphatic carbocycles. The van der Waals surface area contributed by atoms with Gasteiger partial charge in [-0.25, -0.2) is 9.13 Å². The maximum atomic E-state index is 13.1. The van der Waals surface area contributed by atoms with Crippen LogP contribution in [0.15, 0.2) is 0 Å². The predicted octanol–water partition coefficient (Wildman–Crippen LogP) is 26.7. The second-order valence-electron chi connectivity index (χ2n) is 33.3. The molecule has 0 aliphatic rings. The van der Waals surface area contributed by atoms with Crippen molar-refractivity contribution < 1.29 is 80.2 Å². The van der Waals surface area contributed by atoms with Crippen LogP contribution < -0.4 is 0 Å². The van der Waals surface area contributed by atoms with E-state index in [0.717, 1.165) is 114 Å². The van der Waals surface area contributed by atoms with Gasteiger partial charge in [0.05, 0.1) is 26.4 Å². The molecule has 6 atom stereocenters. The zero-order chi connectivity index (χ0) is 78.8. The van der Waals surface area contributed by atoms with Crippen LogP contribution in [0.1, 0.15) is 460 Å². The van der Waals surface area contributed by atoms with E-state index in [0.29, 0.717) is 31.6 Å².